The van der Waals surface area contributed by atoms with Gasteiger partial charge in [0.25, 0.3) is 0 Å². The second-order valence-corrected chi connectivity index (χ2v) is 5.02. The summed E-state index contributed by atoms with van der Waals surface area (Å²) in [6, 6.07) is 0. The summed E-state index contributed by atoms with van der Waals surface area (Å²) >= 11 is 5.90. The van der Waals surface area contributed by atoms with Crippen molar-refractivity contribution in [1.82, 2.24) is 19.6 Å². The smallest absolute Gasteiger partial charge is 0.377 e. The summed E-state index contributed by atoms with van der Waals surface area (Å²) in [7, 11) is 0. The molecule has 0 atom stereocenters. The molecular weight excluding hydrogens is 258 g/mol. The molecule has 2 N–H and O–H groups in total. The van der Waals surface area contributed by atoms with E-state index < -0.39 is 11.6 Å². The number of rotatable bonds is 1. The van der Waals surface area contributed by atoms with Gasteiger partial charge in [0.1, 0.15) is 17.4 Å². The number of hydrogen-bond donors (Lipinski definition) is 1. The standard InChI is InChI=1S/C10H12ClN5O2/c1-10(2,3)18-9(17)7-14-6(11)5-8(15-7)16(12)4-13-5/h4H,12H2,1-3H3. The molecule has 2 aromatic rings. The van der Waals surface area contributed by atoms with Gasteiger partial charge in [-0.25, -0.2) is 24.4 Å². The number of fused-ring (bicyclic) bond motifs is 1. The molecule has 18 heavy (non-hydrogen) atoms. The quantitative estimate of drug-likeness (QED) is 0.474. The monoisotopic (exact) mass is 269 g/mol. The fourth-order valence-electron chi connectivity index (χ4n) is 1.30. The number of ether oxygens (including phenoxy) is 1. The zero-order chi connectivity index (χ0) is 13.5. The second kappa shape index (κ2) is 4.09. The van der Waals surface area contributed by atoms with Gasteiger partial charge in [-0.1, -0.05) is 11.6 Å². The second-order valence-electron chi connectivity index (χ2n) is 4.66. The molecular formula is C10H12ClN5O2. The van der Waals surface area contributed by atoms with Crippen LogP contribution in [0.1, 0.15) is 31.4 Å². The largest absolute Gasteiger partial charge is 0.454 e. The number of hydrogen-bond acceptors (Lipinski definition) is 6. The lowest BCUT2D eigenvalue weighted by molar-refractivity contribution is 0.00560. The fraction of sp³-hybridized carbons (Fsp3) is 0.400. The average molecular weight is 270 g/mol. The molecule has 0 saturated heterocycles. The Morgan fingerprint density at radius 1 is 1.44 bits per heavy atom. The molecule has 0 aliphatic heterocycles. The van der Waals surface area contributed by atoms with Crippen LogP contribution in [0.3, 0.4) is 0 Å². The molecule has 0 amide bonds. The summed E-state index contributed by atoms with van der Waals surface area (Å²) in [5.74, 6) is 4.79. The van der Waals surface area contributed by atoms with Gasteiger partial charge in [0.05, 0.1) is 0 Å². The van der Waals surface area contributed by atoms with Gasteiger partial charge in [-0.3, -0.25) is 0 Å². The predicted molar refractivity (Wildman–Crippen MR) is 65.7 cm³/mol. The van der Waals surface area contributed by atoms with E-state index in [1.807, 2.05) is 0 Å². The molecule has 0 radical (unpaired) electrons. The van der Waals surface area contributed by atoms with Gasteiger partial charge in [-0.05, 0) is 20.8 Å². The molecule has 0 saturated carbocycles. The number of esters is 1. The van der Waals surface area contributed by atoms with Crippen LogP contribution in [0.4, 0.5) is 0 Å². The molecule has 7 nitrogen and oxygen atoms in total. The van der Waals surface area contributed by atoms with Crippen molar-refractivity contribution >= 4 is 28.7 Å². The molecule has 8 heteroatoms. The van der Waals surface area contributed by atoms with Gasteiger partial charge in [0, 0.05) is 0 Å². The molecule has 0 aliphatic rings. The van der Waals surface area contributed by atoms with Gasteiger partial charge in [-0.15, -0.1) is 0 Å². The van der Waals surface area contributed by atoms with Gasteiger partial charge >= 0.3 is 5.97 Å². The van der Waals surface area contributed by atoms with Crippen molar-refractivity contribution in [1.29, 1.82) is 0 Å². The minimum atomic E-state index is -0.660. The summed E-state index contributed by atoms with van der Waals surface area (Å²) in [6.07, 6.45) is 1.34. The Bertz CT molecular complexity index is 616. The fourth-order valence-corrected chi connectivity index (χ4v) is 1.51. The van der Waals surface area contributed by atoms with E-state index in [1.54, 1.807) is 20.8 Å². The maximum atomic E-state index is 11.8. The van der Waals surface area contributed by atoms with Crippen molar-refractivity contribution in [3.8, 4) is 0 Å². The van der Waals surface area contributed by atoms with Crippen molar-refractivity contribution in [3.05, 3.63) is 17.3 Å². The van der Waals surface area contributed by atoms with Crippen molar-refractivity contribution in [2.75, 3.05) is 5.84 Å². The minimum absolute atomic E-state index is 0.0602. The third-order valence-electron chi connectivity index (χ3n) is 1.96. The van der Waals surface area contributed by atoms with Gasteiger partial charge in [-0.2, -0.15) is 0 Å². The Kier molecular flexibility index (Phi) is 2.86. The number of nitrogens with two attached hydrogens (primary N) is 1. The number of halogens is 1. The zero-order valence-corrected chi connectivity index (χ0v) is 10.9. The normalized spacial score (nSPS) is 11.8. The van der Waals surface area contributed by atoms with E-state index in [9.17, 15) is 4.79 Å². The molecule has 2 rings (SSSR count). The highest BCUT2D eigenvalue weighted by atomic mass is 35.5. The van der Waals surface area contributed by atoms with Crippen LogP contribution in [0, 0.1) is 0 Å². The lowest BCUT2D eigenvalue weighted by Gasteiger charge is -2.18. The Morgan fingerprint density at radius 2 is 2.11 bits per heavy atom. The lowest BCUT2D eigenvalue weighted by atomic mass is 10.2. The number of nitrogens with zero attached hydrogens (tertiary/aromatic N) is 4. The van der Waals surface area contributed by atoms with E-state index >= 15 is 0 Å². The summed E-state index contributed by atoms with van der Waals surface area (Å²) in [6.45, 7) is 5.24. The number of carbonyl (C=O) groups is 1. The summed E-state index contributed by atoms with van der Waals surface area (Å²) in [5, 5.41) is 0.0602. The average Bonchev–Trinajstić information content (AvgIpc) is 2.58. The van der Waals surface area contributed by atoms with Gasteiger partial charge < -0.3 is 10.6 Å². The summed E-state index contributed by atoms with van der Waals surface area (Å²) < 4.78 is 6.31. The maximum Gasteiger partial charge on any atom is 0.377 e. The first kappa shape index (κ1) is 12.6. The van der Waals surface area contributed by atoms with Crippen LogP contribution >= 0.6 is 11.6 Å². The number of aromatic nitrogens is 4. The summed E-state index contributed by atoms with van der Waals surface area (Å²) in [4.78, 5) is 23.6. The molecule has 2 aromatic heterocycles. The highest BCUT2D eigenvalue weighted by Gasteiger charge is 2.22. The van der Waals surface area contributed by atoms with E-state index in [1.165, 1.54) is 6.33 Å². The minimum Gasteiger partial charge on any atom is -0.454 e. The highest BCUT2D eigenvalue weighted by molar-refractivity contribution is 6.33. The molecule has 0 spiro atoms. The summed E-state index contributed by atoms with van der Waals surface area (Å²) in [5.41, 5.74) is -0.0208. The Balaban J connectivity index is 2.46. The lowest BCUT2D eigenvalue weighted by Crippen LogP contribution is -2.25. The molecule has 0 bridgehead atoms. The number of imidazole rings is 1. The van der Waals surface area contributed by atoms with Crippen LogP contribution < -0.4 is 5.84 Å². The predicted octanol–water partition coefficient (Wildman–Crippen LogP) is 1.15. The van der Waals surface area contributed by atoms with Crippen molar-refractivity contribution in [3.63, 3.8) is 0 Å². The van der Waals surface area contributed by atoms with Crippen LogP contribution in [-0.4, -0.2) is 31.2 Å². The molecule has 0 fully saturated rings. The number of nitrogen functional groups attached to an aromatic ring is 1. The molecule has 0 aromatic carbocycles. The van der Waals surface area contributed by atoms with E-state index in [0.29, 0.717) is 5.52 Å². The van der Waals surface area contributed by atoms with Crippen molar-refractivity contribution in [2.45, 2.75) is 26.4 Å². The first-order valence-corrected chi connectivity index (χ1v) is 5.55. The molecule has 0 unspecified atom stereocenters. The van der Waals surface area contributed by atoms with Crippen LogP contribution in [0.25, 0.3) is 11.2 Å². The first-order chi connectivity index (χ1) is 8.28. The van der Waals surface area contributed by atoms with Gasteiger partial charge in [0.15, 0.2) is 10.8 Å². The SMILES string of the molecule is CC(C)(C)OC(=O)c1nc(Cl)c2ncn(N)c2n1. The van der Waals surface area contributed by atoms with Crippen molar-refractivity contribution in [2.24, 2.45) is 0 Å². The Morgan fingerprint density at radius 3 is 2.72 bits per heavy atom. The van der Waals surface area contributed by atoms with Crippen LogP contribution in [0.2, 0.25) is 5.15 Å². The van der Waals surface area contributed by atoms with Crippen LogP contribution in [0.5, 0.6) is 0 Å². The Hall–Kier alpha value is -1.89. The third-order valence-corrected chi connectivity index (χ3v) is 2.22. The van der Waals surface area contributed by atoms with E-state index in [-0.39, 0.29) is 16.6 Å². The zero-order valence-electron chi connectivity index (χ0n) is 10.1. The van der Waals surface area contributed by atoms with E-state index in [2.05, 4.69) is 15.0 Å². The number of carbonyl (C=O) groups excluding carboxylic acids is 1. The molecule has 2 heterocycles. The first-order valence-electron chi connectivity index (χ1n) is 5.17. The molecule has 0 aliphatic carbocycles. The topological polar surface area (TPSA) is 95.9 Å². The van der Waals surface area contributed by atoms with Crippen LogP contribution in [-0.2, 0) is 4.74 Å². The van der Waals surface area contributed by atoms with Crippen molar-refractivity contribution < 1.29 is 9.53 Å². The van der Waals surface area contributed by atoms with Gasteiger partial charge in [0.2, 0.25) is 5.82 Å². The molecule has 96 valence electrons. The van der Waals surface area contributed by atoms with E-state index in [4.69, 9.17) is 22.2 Å². The maximum absolute atomic E-state index is 11.8. The Labute approximate surface area is 108 Å². The van der Waals surface area contributed by atoms with Crippen LogP contribution in [0.15, 0.2) is 6.33 Å². The highest BCUT2D eigenvalue weighted by Crippen LogP contribution is 2.18. The third kappa shape index (κ3) is 2.35. The van der Waals surface area contributed by atoms with E-state index in [0.717, 1.165) is 4.68 Å².